The second-order valence-electron chi connectivity index (χ2n) is 7.57. The van der Waals surface area contributed by atoms with Crippen molar-refractivity contribution in [3.8, 4) is 11.9 Å². The fraction of sp³-hybridized carbons (Fsp3) is 0.500. The van der Waals surface area contributed by atoms with Gasteiger partial charge in [0.05, 0.1) is 31.6 Å². The van der Waals surface area contributed by atoms with Gasteiger partial charge in [-0.1, -0.05) is 6.92 Å². The zero-order valence-electron chi connectivity index (χ0n) is 17.1. The minimum absolute atomic E-state index is 0.00221. The number of hydrogen-bond donors (Lipinski definition) is 1. The van der Waals surface area contributed by atoms with Crippen LogP contribution in [0.5, 0.6) is 5.88 Å². The van der Waals surface area contributed by atoms with Crippen molar-refractivity contribution >= 4 is 22.7 Å². The molecule has 0 radical (unpaired) electrons. The summed E-state index contributed by atoms with van der Waals surface area (Å²) in [6, 6.07) is 4.22. The highest BCUT2D eigenvalue weighted by atomic mass is 16.5. The maximum Gasteiger partial charge on any atom is 0.257 e. The van der Waals surface area contributed by atoms with Crippen LogP contribution in [0, 0.1) is 17.2 Å². The van der Waals surface area contributed by atoms with E-state index >= 15 is 0 Å². The van der Waals surface area contributed by atoms with Crippen molar-refractivity contribution < 1.29 is 9.47 Å². The van der Waals surface area contributed by atoms with E-state index in [0.29, 0.717) is 42.3 Å². The van der Waals surface area contributed by atoms with E-state index in [1.807, 2.05) is 37.7 Å². The van der Waals surface area contributed by atoms with Crippen LogP contribution >= 0.6 is 0 Å². The summed E-state index contributed by atoms with van der Waals surface area (Å²) >= 11 is 0. The summed E-state index contributed by atoms with van der Waals surface area (Å²) in [7, 11) is 1.83. The molecule has 0 amide bonds. The first-order chi connectivity index (χ1) is 14.0. The van der Waals surface area contributed by atoms with Gasteiger partial charge in [0, 0.05) is 24.5 Å². The molecule has 9 nitrogen and oxygen atoms in total. The number of nitrogens with one attached hydrogen (secondary N) is 1. The van der Waals surface area contributed by atoms with Gasteiger partial charge in [0.1, 0.15) is 23.1 Å². The van der Waals surface area contributed by atoms with E-state index in [-0.39, 0.29) is 12.1 Å². The lowest BCUT2D eigenvalue weighted by molar-refractivity contribution is 0.180. The number of hydrogen-bond acceptors (Lipinski definition) is 7. The molecule has 0 unspecified atom stereocenters. The van der Waals surface area contributed by atoms with Crippen molar-refractivity contribution in [1.29, 1.82) is 5.26 Å². The summed E-state index contributed by atoms with van der Waals surface area (Å²) in [5, 5.41) is 18.0. The number of aromatic nitrogens is 5. The number of ether oxygens (including phenoxy) is 2. The third-order valence-corrected chi connectivity index (χ3v) is 5.10. The molecule has 1 aliphatic rings. The Morgan fingerprint density at radius 1 is 1.41 bits per heavy atom. The van der Waals surface area contributed by atoms with Gasteiger partial charge in [-0.25, -0.2) is 4.98 Å². The Morgan fingerprint density at radius 3 is 2.97 bits per heavy atom. The number of fused-ring (bicyclic) bond motifs is 1. The predicted molar refractivity (Wildman–Crippen MR) is 108 cm³/mol. The molecule has 2 atom stereocenters. The lowest BCUT2D eigenvalue weighted by Gasteiger charge is -2.19. The molecule has 1 saturated heterocycles. The molecule has 0 saturated carbocycles. The Balaban J connectivity index is 1.73. The quantitative estimate of drug-likeness (QED) is 0.684. The first-order valence-electron chi connectivity index (χ1n) is 9.83. The zero-order chi connectivity index (χ0) is 20.5. The number of nitriles is 1. The largest absolute Gasteiger partial charge is 0.472 e. The number of anilines is 2. The van der Waals surface area contributed by atoms with Crippen molar-refractivity contribution in [3.63, 3.8) is 0 Å². The van der Waals surface area contributed by atoms with Gasteiger partial charge in [-0.05, 0) is 26.3 Å². The zero-order valence-corrected chi connectivity index (χ0v) is 17.1. The summed E-state index contributed by atoms with van der Waals surface area (Å²) in [4.78, 5) is 9.14. The van der Waals surface area contributed by atoms with Gasteiger partial charge < -0.3 is 19.4 Å². The molecule has 1 aliphatic heterocycles. The van der Waals surface area contributed by atoms with Gasteiger partial charge in [-0.15, -0.1) is 5.10 Å². The second kappa shape index (κ2) is 7.72. The molecule has 29 heavy (non-hydrogen) atoms. The van der Waals surface area contributed by atoms with Crippen molar-refractivity contribution in [2.45, 2.75) is 39.3 Å². The summed E-state index contributed by atoms with van der Waals surface area (Å²) in [6.07, 6.45) is 4.54. The second-order valence-corrected chi connectivity index (χ2v) is 7.57. The van der Waals surface area contributed by atoms with Crippen molar-refractivity contribution in [3.05, 3.63) is 24.2 Å². The number of aryl methyl sites for hydroxylation is 1. The Labute approximate surface area is 169 Å². The maximum absolute atomic E-state index is 9.66. The van der Waals surface area contributed by atoms with E-state index in [0.717, 1.165) is 17.5 Å². The van der Waals surface area contributed by atoms with Crippen molar-refractivity contribution in [2.24, 2.45) is 13.0 Å². The van der Waals surface area contributed by atoms with Crippen LogP contribution < -0.4 is 10.1 Å². The van der Waals surface area contributed by atoms with E-state index in [1.165, 1.54) is 0 Å². The number of rotatable bonds is 6. The first-order valence-corrected chi connectivity index (χ1v) is 9.83. The normalized spacial score (nSPS) is 19.0. The van der Waals surface area contributed by atoms with Crippen LogP contribution in [-0.2, 0) is 11.8 Å². The van der Waals surface area contributed by atoms with Crippen LogP contribution in [0.4, 0.5) is 11.6 Å². The molecule has 1 fully saturated rings. The SMILES string of the molecule is CC[C@H]1COC[C@@H]1n1c(C#N)cc2cnc(Nc3cn(C)nc3OC(C)C)nc21. The minimum atomic E-state index is -0.00221. The van der Waals surface area contributed by atoms with Crippen molar-refractivity contribution in [1.82, 2.24) is 24.3 Å². The van der Waals surface area contributed by atoms with Crippen LogP contribution in [0.3, 0.4) is 0 Å². The van der Waals surface area contributed by atoms with Crippen molar-refractivity contribution in [2.75, 3.05) is 18.5 Å². The molecule has 0 spiro atoms. The molecule has 3 aromatic rings. The van der Waals surface area contributed by atoms with E-state index in [9.17, 15) is 5.26 Å². The molecule has 0 bridgehead atoms. The summed E-state index contributed by atoms with van der Waals surface area (Å²) in [5.41, 5.74) is 1.99. The predicted octanol–water partition coefficient (Wildman–Crippen LogP) is 3.16. The van der Waals surface area contributed by atoms with E-state index in [2.05, 4.69) is 28.4 Å². The van der Waals surface area contributed by atoms with Crippen LogP contribution in [0.15, 0.2) is 18.5 Å². The van der Waals surface area contributed by atoms with Crippen LogP contribution in [0.1, 0.15) is 38.9 Å². The average molecular weight is 395 g/mol. The van der Waals surface area contributed by atoms with Gasteiger partial charge in [0.15, 0.2) is 0 Å². The van der Waals surface area contributed by atoms with Gasteiger partial charge in [-0.3, -0.25) is 4.68 Å². The molecule has 4 rings (SSSR count). The molecular weight excluding hydrogens is 370 g/mol. The monoisotopic (exact) mass is 395 g/mol. The fourth-order valence-corrected chi connectivity index (χ4v) is 3.74. The van der Waals surface area contributed by atoms with Gasteiger partial charge in [0.25, 0.3) is 5.88 Å². The molecule has 0 aliphatic carbocycles. The Bertz CT molecular complexity index is 1060. The Morgan fingerprint density at radius 2 is 2.24 bits per heavy atom. The van der Waals surface area contributed by atoms with Gasteiger partial charge in [-0.2, -0.15) is 10.2 Å². The van der Waals surface area contributed by atoms with Crippen LogP contribution in [-0.4, -0.2) is 43.6 Å². The van der Waals surface area contributed by atoms with E-state index in [1.54, 1.807) is 10.9 Å². The molecule has 0 aromatic carbocycles. The average Bonchev–Trinajstić information content (AvgIpc) is 3.37. The third-order valence-electron chi connectivity index (χ3n) is 5.10. The Kier molecular flexibility index (Phi) is 5.11. The molecular formula is C20H25N7O2. The van der Waals surface area contributed by atoms with Gasteiger partial charge >= 0.3 is 0 Å². The third kappa shape index (κ3) is 3.63. The highest BCUT2D eigenvalue weighted by molar-refractivity contribution is 5.79. The molecule has 1 N–H and O–H groups in total. The first kappa shape index (κ1) is 19.2. The summed E-state index contributed by atoms with van der Waals surface area (Å²) in [5.74, 6) is 1.28. The molecule has 3 aromatic heterocycles. The van der Waals surface area contributed by atoms with E-state index in [4.69, 9.17) is 14.5 Å². The summed E-state index contributed by atoms with van der Waals surface area (Å²) < 4.78 is 15.1. The minimum Gasteiger partial charge on any atom is -0.472 e. The Hall–Kier alpha value is -3.12. The molecule has 4 heterocycles. The lowest BCUT2D eigenvalue weighted by atomic mass is 10.0. The highest BCUT2D eigenvalue weighted by Gasteiger charge is 2.31. The van der Waals surface area contributed by atoms with Crippen LogP contribution in [0.25, 0.3) is 11.0 Å². The highest BCUT2D eigenvalue weighted by Crippen LogP contribution is 2.34. The molecule has 9 heteroatoms. The van der Waals surface area contributed by atoms with Gasteiger partial charge in [0.2, 0.25) is 5.95 Å². The molecule has 152 valence electrons. The fourth-order valence-electron chi connectivity index (χ4n) is 3.74. The standard InChI is InChI=1S/C20H25N7O2/c1-5-13-10-28-11-17(13)27-15(7-21)6-14-8-22-20(24-18(14)27)23-16-9-26(4)25-19(16)29-12(2)3/h6,8-9,12-13,17H,5,10-11H2,1-4H3,(H,22,23,24)/t13-,17-/m0/s1. The smallest absolute Gasteiger partial charge is 0.257 e. The maximum atomic E-state index is 9.66. The lowest BCUT2D eigenvalue weighted by Crippen LogP contribution is -2.19. The topological polar surface area (TPSA) is 103 Å². The summed E-state index contributed by atoms with van der Waals surface area (Å²) in [6.45, 7) is 7.33. The van der Waals surface area contributed by atoms with Crippen LogP contribution in [0.2, 0.25) is 0 Å². The number of nitrogens with zero attached hydrogens (tertiary/aromatic N) is 6. The van der Waals surface area contributed by atoms with E-state index < -0.39 is 0 Å².